The summed E-state index contributed by atoms with van der Waals surface area (Å²) < 4.78 is 4.77. The largest absolute Gasteiger partial charge is 0.462 e. The topological polar surface area (TPSA) is 59.2 Å². The molecular weight excluding hydrogens is 170 g/mol. The Morgan fingerprint density at radius 3 is 2.92 bits per heavy atom. The average molecular weight is 181 g/mol. The van der Waals surface area contributed by atoms with Crippen molar-refractivity contribution in [2.45, 2.75) is 13.8 Å². The summed E-state index contributed by atoms with van der Waals surface area (Å²) in [6.07, 6.45) is 2.13. The summed E-state index contributed by atoms with van der Waals surface area (Å²) in [5.41, 5.74) is 1.35. The number of hydrogen-bond donors (Lipinski definition) is 1. The van der Waals surface area contributed by atoms with Crippen molar-refractivity contribution < 1.29 is 14.3 Å². The van der Waals surface area contributed by atoms with Crippen LogP contribution in [-0.4, -0.2) is 23.8 Å². The van der Waals surface area contributed by atoms with Crippen LogP contribution in [0.15, 0.2) is 6.20 Å². The van der Waals surface area contributed by atoms with Gasteiger partial charge >= 0.3 is 5.97 Å². The molecule has 0 spiro atoms. The van der Waals surface area contributed by atoms with Crippen LogP contribution in [0.1, 0.15) is 33.3 Å². The molecule has 0 saturated carbocycles. The van der Waals surface area contributed by atoms with Gasteiger partial charge in [-0.3, -0.25) is 4.79 Å². The molecule has 4 nitrogen and oxygen atoms in total. The third kappa shape index (κ3) is 1.77. The van der Waals surface area contributed by atoms with Gasteiger partial charge in [0, 0.05) is 17.5 Å². The number of hydrogen-bond acceptors (Lipinski definition) is 3. The molecule has 1 rings (SSSR count). The number of rotatable bonds is 3. The standard InChI is InChI=1S/C9H11NO3/c1-3-13-9(12)7-4-10-6(2)8(7)5-11/h4-5,10H,3H2,1-2H3. The van der Waals surface area contributed by atoms with Crippen LogP contribution in [0.4, 0.5) is 0 Å². The highest BCUT2D eigenvalue weighted by Crippen LogP contribution is 2.11. The highest BCUT2D eigenvalue weighted by molar-refractivity contribution is 5.98. The first kappa shape index (κ1) is 9.51. The molecule has 1 N–H and O–H groups in total. The van der Waals surface area contributed by atoms with E-state index in [1.165, 1.54) is 6.20 Å². The molecule has 1 aromatic heterocycles. The maximum atomic E-state index is 11.2. The van der Waals surface area contributed by atoms with Gasteiger partial charge in [0.25, 0.3) is 0 Å². The van der Waals surface area contributed by atoms with E-state index in [0.717, 1.165) is 0 Å². The fraction of sp³-hybridized carbons (Fsp3) is 0.333. The quantitative estimate of drug-likeness (QED) is 0.565. The molecule has 0 aliphatic heterocycles. The first-order valence-corrected chi connectivity index (χ1v) is 4.01. The molecule has 0 unspecified atom stereocenters. The predicted molar refractivity (Wildman–Crippen MR) is 46.9 cm³/mol. The molecule has 0 aromatic carbocycles. The van der Waals surface area contributed by atoms with E-state index in [9.17, 15) is 9.59 Å². The minimum Gasteiger partial charge on any atom is -0.462 e. The number of H-pyrrole nitrogens is 1. The fourth-order valence-electron chi connectivity index (χ4n) is 1.07. The number of carbonyl (C=O) groups excluding carboxylic acids is 2. The van der Waals surface area contributed by atoms with Crippen LogP contribution in [0.5, 0.6) is 0 Å². The van der Waals surface area contributed by atoms with E-state index in [1.54, 1.807) is 13.8 Å². The Labute approximate surface area is 75.9 Å². The maximum absolute atomic E-state index is 11.2. The van der Waals surface area contributed by atoms with Gasteiger partial charge in [-0.1, -0.05) is 0 Å². The van der Waals surface area contributed by atoms with Crippen molar-refractivity contribution in [3.05, 3.63) is 23.0 Å². The van der Waals surface area contributed by atoms with Gasteiger partial charge in [0.1, 0.15) is 0 Å². The molecule has 0 radical (unpaired) electrons. The zero-order valence-corrected chi connectivity index (χ0v) is 7.59. The van der Waals surface area contributed by atoms with E-state index in [0.29, 0.717) is 29.7 Å². The summed E-state index contributed by atoms with van der Waals surface area (Å²) >= 11 is 0. The number of carbonyl (C=O) groups is 2. The molecule has 0 saturated heterocycles. The Kier molecular flexibility index (Phi) is 2.84. The van der Waals surface area contributed by atoms with Gasteiger partial charge in [0.2, 0.25) is 0 Å². The summed E-state index contributed by atoms with van der Waals surface area (Å²) in [5.74, 6) is -0.464. The molecule has 1 aromatic rings. The van der Waals surface area contributed by atoms with Crippen molar-refractivity contribution in [1.29, 1.82) is 0 Å². The zero-order chi connectivity index (χ0) is 9.84. The van der Waals surface area contributed by atoms with Crippen molar-refractivity contribution in [2.75, 3.05) is 6.61 Å². The van der Waals surface area contributed by atoms with Crippen molar-refractivity contribution in [3.63, 3.8) is 0 Å². The molecule has 70 valence electrons. The first-order chi connectivity index (χ1) is 6.20. The second kappa shape index (κ2) is 3.89. The van der Waals surface area contributed by atoms with Crippen LogP contribution < -0.4 is 0 Å². The lowest BCUT2D eigenvalue weighted by Crippen LogP contribution is -2.05. The maximum Gasteiger partial charge on any atom is 0.340 e. The van der Waals surface area contributed by atoms with Crippen molar-refractivity contribution in [1.82, 2.24) is 4.98 Å². The number of ether oxygens (including phenoxy) is 1. The van der Waals surface area contributed by atoms with E-state index in [4.69, 9.17) is 4.74 Å². The van der Waals surface area contributed by atoms with E-state index >= 15 is 0 Å². The minimum absolute atomic E-state index is 0.300. The fourth-order valence-corrected chi connectivity index (χ4v) is 1.07. The highest BCUT2D eigenvalue weighted by atomic mass is 16.5. The van der Waals surface area contributed by atoms with Crippen LogP contribution in [0, 0.1) is 6.92 Å². The van der Waals surface area contributed by atoms with Crippen LogP contribution in [-0.2, 0) is 4.74 Å². The minimum atomic E-state index is -0.464. The van der Waals surface area contributed by atoms with Gasteiger partial charge in [0.15, 0.2) is 6.29 Å². The van der Waals surface area contributed by atoms with Crippen LogP contribution in [0.3, 0.4) is 0 Å². The lowest BCUT2D eigenvalue weighted by atomic mass is 10.2. The van der Waals surface area contributed by atoms with E-state index in [2.05, 4.69) is 4.98 Å². The molecule has 0 atom stereocenters. The number of aryl methyl sites for hydroxylation is 1. The van der Waals surface area contributed by atoms with E-state index < -0.39 is 5.97 Å². The number of esters is 1. The molecule has 0 aliphatic rings. The predicted octanol–water partition coefficient (Wildman–Crippen LogP) is 1.31. The van der Waals surface area contributed by atoms with Gasteiger partial charge in [-0.2, -0.15) is 0 Å². The Hall–Kier alpha value is -1.58. The Morgan fingerprint density at radius 1 is 1.69 bits per heavy atom. The van der Waals surface area contributed by atoms with E-state index in [-0.39, 0.29) is 0 Å². The number of aldehydes is 1. The number of aromatic nitrogens is 1. The van der Waals surface area contributed by atoms with Gasteiger partial charge in [-0.05, 0) is 13.8 Å². The monoisotopic (exact) mass is 181 g/mol. The van der Waals surface area contributed by atoms with Crippen molar-refractivity contribution in [3.8, 4) is 0 Å². The van der Waals surface area contributed by atoms with Gasteiger partial charge in [-0.15, -0.1) is 0 Å². The van der Waals surface area contributed by atoms with Gasteiger partial charge in [0.05, 0.1) is 12.2 Å². The highest BCUT2D eigenvalue weighted by Gasteiger charge is 2.15. The molecule has 0 fully saturated rings. The summed E-state index contributed by atoms with van der Waals surface area (Å²) in [4.78, 5) is 24.6. The summed E-state index contributed by atoms with van der Waals surface area (Å²) in [6.45, 7) is 3.76. The van der Waals surface area contributed by atoms with Gasteiger partial charge < -0.3 is 9.72 Å². The van der Waals surface area contributed by atoms with Crippen LogP contribution >= 0.6 is 0 Å². The molecule has 0 aliphatic carbocycles. The molecule has 0 amide bonds. The summed E-state index contributed by atoms with van der Waals surface area (Å²) in [5, 5.41) is 0. The zero-order valence-electron chi connectivity index (χ0n) is 7.59. The molecule has 13 heavy (non-hydrogen) atoms. The number of aromatic amines is 1. The average Bonchev–Trinajstić information content (AvgIpc) is 2.47. The van der Waals surface area contributed by atoms with Crippen LogP contribution in [0.25, 0.3) is 0 Å². The Balaban J connectivity index is 3.00. The SMILES string of the molecule is CCOC(=O)c1c[nH]c(C)c1C=O. The van der Waals surface area contributed by atoms with Crippen LogP contribution in [0.2, 0.25) is 0 Å². The molecule has 0 bridgehead atoms. The Morgan fingerprint density at radius 2 is 2.38 bits per heavy atom. The summed E-state index contributed by atoms with van der Waals surface area (Å²) in [7, 11) is 0. The lowest BCUT2D eigenvalue weighted by Gasteiger charge is -1.98. The molecule has 4 heteroatoms. The van der Waals surface area contributed by atoms with Crippen molar-refractivity contribution in [2.24, 2.45) is 0 Å². The first-order valence-electron chi connectivity index (χ1n) is 4.01. The Bertz CT molecular complexity index is 328. The molecule has 1 heterocycles. The molecular formula is C9H11NO3. The summed E-state index contributed by atoms with van der Waals surface area (Å²) in [6, 6.07) is 0. The second-order valence-electron chi connectivity index (χ2n) is 2.58. The lowest BCUT2D eigenvalue weighted by molar-refractivity contribution is 0.0524. The number of nitrogens with one attached hydrogen (secondary N) is 1. The normalized spacial score (nSPS) is 9.69. The smallest absolute Gasteiger partial charge is 0.340 e. The third-order valence-corrected chi connectivity index (χ3v) is 1.74. The second-order valence-corrected chi connectivity index (χ2v) is 2.58. The van der Waals surface area contributed by atoms with E-state index in [1.807, 2.05) is 0 Å². The van der Waals surface area contributed by atoms with Crippen molar-refractivity contribution >= 4 is 12.3 Å². The third-order valence-electron chi connectivity index (χ3n) is 1.74. The van der Waals surface area contributed by atoms with Gasteiger partial charge in [-0.25, -0.2) is 4.79 Å².